The number of hydrogen-bond donors (Lipinski definition) is 0. The zero-order valence-electron chi connectivity index (χ0n) is 19.9. The van der Waals surface area contributed by atoms with Gasteiger partial charge in [0.05, 0.1) is 0 Å². The predicted octanol–water partition coefficient (Wildman–Crippen LogP) is 8.44. The van der Waals surface area contributed by atoms with E-state index in [0.29, 0.717) is 17.5 Å². The van der Waals surface area contributed by atoms with Gasteiger partial charge in [-0.05, 0) is 29.3 Å². The van der Waals surface area contributed by atoms with E-state index in [0.717, 1.165) is 49.8 Å². The fourth-order valence-corrected chi connectivity index (χ4v) is 4.75. The fourth-order valence-electron chi connectivity index (χ4n) is 4.75. The van der Waals surface area contributed by atoms with Crippen LogP contribution in [0.1, 0.15) is 0 Å². The first-order valence-electron chi connectivity index (χ1n) is 12.2. The smallest absolute Gasteiger partial charge is 0.164 e. The van der Waals surface area contributed by atoms with Crippen molar-refractivity contribution in [2.45, 2.75) is 0 Å². The molecule has 0 unspecified atom stereocenters. The normalized spacial score (nSPS) is 11.2. The van der Waals surface area contributed by atoms with E-state index in [1.807, 2.05) is 84.9 Å². The summed E-state index contributed by atoms with van der Waals surface area (Å²) in [6.07, 6.45) is 0. The number of hydrogen-bond acceptors (Lipinski definition) is 4. The standard InChI is InChI=1S/C33H21N3O/c1-4-11-22(12-5-1)25-19-20-28-27(21-25)30-26(17-10-18-29(30)37-28)33-35-31(23-13-6-2-7-14-23)34-32(36-33)24-15-8-3-9-16-24/h1-21H. The van der Waals surface area contributed by atoms with Crippen molar-refractivity contribution in [2.75, 3.05) is 0 Å². The maximum absolute atomic E-state index is 6.26. The van der Waals surface area contributed by atoms with Crippen LogP contribution in [0.15, 0.2) is 132 Å². The zero-order valence-corrected chi connectivity index (χ0v) is 19.9. The lowest BCUT2D eigenvalue weighted by atomic mass is 10.0. The summed E-state index contributed by atoms with van der Waals surface area (Å²) in [5.41, 5.74) is 6.74. The Balaban J connectivity index is 1.49. The number of rotatable bonds is 4. The van der Waals surface area contributed by atoms with Gasteiger partial charge in [0.1, 0.15) is 11.2 Å². The minimum atomic E-state index is 0.617. The molecule has 2 aromatic heterocycles. The van der Waals surface area contributed by atoms with E-state index in [1.54, 1.807) is 0 Å². The molecule has 4 nitrogen and oxygen atoms in total. The summed E-state index contributed by atoms with van der Waals surface area (Å²) in [4.78, 5) is 14.7. The third-order valence-electron chi connectivity index (χ3n) is 6.54. The maximum atomic E-state index is 6.26. The van der Waals surface area contributed by atoms with Crippen LogP contribution in [0, 0.1) is 0 Å². The van der Waals surface area contributed by atoms with Crippen LogP contribution in [-0.4, -0.2) is 15.0 Å². The highest BCUT2D eigenvalue weighted by molar-refractivity contribution is 6.12. The molecule has 5 aromatic carbocycles. The molecular weight excluding hydrogens is 454 g/mol. The summed E-state index contributed by atoms with van der Waals surface area (Å²) in [5, 5.41) is 2.04. The average Bonchev–Trinajstić information content (AvgIpc) is 3.36. The molecule has 0 saturated heterocycles. The van der Waals surface area contributed by atoms with Gasteiger partial charge in [0.25, 0.3) is 0 Å². The number of aromatic nitrogens is 3. The molecule has 0 N–H and O–H groups in total. The predicted molar refractivity (Wildman–Crippen MR) is 149 cm³/mol. The SMILES string of the molecule is c1ccc(-c2ccc3oc4cccc(-c5nc(-c6ccccc6)nc(-c6ccccc6)n5)c4c3c2)cc1. The van der Waals surface area contributed by atoms with Crippen LogP contribution in [0.2, 0.25) is 0 Å². The lowest BCUT2D eigenvalue weighted by Crippen LogP contribution is -2.00. The minimum Gasteiger partial charge on any atom is -0.456 e. The molecule has 37 heavy (non-hydrogen) atoms. The van der Waals surface area contributed by atoms with Gasteiger partial charge < -0.3 is 4.42 Å². The first kappa shape index (κ1) is 21.2. The number of benzene rings is 5. The van der Waals surface area contributed by atoms with Crippen molar-refractivity contribution in [1.29, 1.82) is 0 Å². The Morgan fingerprint density at radius 2 is 0.973 bits per heavy atom. The molecule has 7 rings (SSSR count). The van der Waals surface area contributed by atoms with Crippen LogP contribution in [0.25, 0.3) is 67.2 Å². The molecule has 0 aliphatic carbocycles. The summed E-state index contributed by atoms with van der Waals surface area (Å²) in [6.45, 7) is 0. The molecule has 174 valence electrons. The fraction of sp³-hybridized carbons (Fsp3) is 0. The van der Waals surface area contributed by atoms with Gasteiger partial charge in [0.2, 0.25) is 0 Å². The van der Waals surface area contributed by atoms with Gasteiger partial charge in [-0.25, -0.2) is 15.0 Å². The second kappa shape index (κ2) is 8.85. The third kappa shape index (κ3) is 3.85. The van der Waals surface area contributed by atoms with Crippen LogP contribution in [0.5, 0.6) is 0 Å². The van der Waals surface area contributed by atoms with E-state index < -0.39 is 0 Å². The van der Waals surface area contributed by atoms with E-state index in [1.165, 1.54) is 0 Å². The average molecular weight is 476 g/mol. The van der Waals surface area contributed by atoms with Gasteiger partial charge >= 0.3 is 0 Å². The van der Waals surface area contributed by atoms with Crippen molar-refractivity contribution < 1.29 is 4.42 Å². The third-order valence-corrected chi connectivity index (χ3v) is 6.54. The minimum absolute atomic E-state index is 0.617. The van der Waals surface area contributed by atoms with E-state index >= 15 is 0 Å². The second-order valence-corrected chi connectivity index (χ2v) is 8.90. The topological polar surface area (TPSA) is 51.8 Å². The van der Waals surface area contributed by atoms with Crippen LogP contribution in [0.4, 0.5) is 0 Å². The summed E-state index contributed by atoms with van der Waals surface area (Å²) in [7, 11) is 0. The van der Waals surface area contributed by atoms with Gasteiger partial charge in [-0.1, -0.05) is 109 Å². The summed E-state index contributed by atoms with van der Waals surface area (Å²) in [6, 6.07) is 42.8. The molecule has 0 radical (unpaired) electrons. The van der Waals surface area contributed by atoms with Crippen LogP contribution in [0.3, 0.4) is 0 Å². The Morgan fingerprint density at radius 3 is 1.59 bits per heavy atom. The molecule has 0 spiro atoms. The zero-order chi connectivity index (χ0) is 24.6. The van der Waals surface area contributed by atoms with E-state index in [2.05, 4.69) is 42.5 Å². The first-order chi connectivity index (χ1) is 18.3. The molecule has 2 heterocycles. The Labute approximate surface area is 213 Å². The quantitative estimate of drug-likeness (QED) is 0.256. The molecule has 0 aliphatic heterocycles. The summed E-state index contributed by atoms with van der Waals surface area (Å²) < 4.78 is 6.26. The number of furan rings is 1. The Morgan fingerprint density at radius 1 is 0.405 bits per heavy atom. The van der Waals surface area contributed by atoms with Gasteiger partial charge in [0.15, 0.2) is 17.5 Å². The highest BCUT2D eigenvalue weighted by Crippen LogP contribution is 2.38. The lowest BCUT2D eigenvalue weighted by Gasteiger charge is -2.09. The second-order valence-electron chi connectivity index (χ2n) is 8.90. The Hall–Kier alpha value is -5.09. The van der Waals surface area contributed by atoms with Crippen molar-refractivity contribution in [3.63, 3.8) is 0 Å². The number of fused-ring (bicyclic) bond motifs is 3. The van der Waals surface area contributed by atoms with Crippen LogP contribution < -0.4 is 0 Å². The van der Waals surface area contributed by atoms with Gasteiger partial charge in [-0.3, -0.25) is 0 Å². The van der Waals surface area contributed by atoms with Crippen LogP contribution in [-0.2, 0) is 0 Å². The van der Waals surface area contributed by atoms with Crippen molar-refractivity contribution in [3.8, 4) is 45.3 Å². The van der Waals surface area contributed by atoms with Crippen LogP contribution >= 0.6 is 0 Å². The Kier molecular flexibility index (Phi) is 5.07. The van der Waals surface area contributed by atoms with E-state index in [9.17, 15) is 0 Å². The molecule has 0 amide bonds. The summed E-state index contributed by atoms with van der Waals surface area (Å²) >= 11 is 0. The van der Waals surface area contributed by atoms with E-state index in [-0.39, 0.29) is 0 Å². The Bertz CT molecular complexity index is 1800. The van der Waals surface area contributed by atoms with Gasteiger partial charge in [-0.15, -0.1) is 0 Å². The van der Waals surface area contributed by atoms with Crippen molar-refractivity contribution in [2.24, 2.45) is 0 Å². The first-order valence-corrected chi connectivity index (χ1v) is 12.2. The highest BCUT2D eigenvalue weighted by atomic mass is 16.3. The molecule has 4 heteroatoms. The molecule has 7 aromatic rings. The maximum Gasteiger partial charge on any atom is 0.164 e. The van der Waals surface area contributed by atoms with Crippen molar-refractivity contribution >= 4 is 21.9 Å². The molecular formula is C33H21N3O. The lowest BCUT2D eigenvalue weighted by molar-refractivity contribution is 0.669. The summed E-state index contributed by atoms with van der Waals surface area (Å²) in [5.74, 6) is 1.89. The van der Waals surface area contributed by atoms with Crippen molar-refractivity contribution in [3.05, 3.63) is 127 Å². The molecule has 0 saturated carbocycles. The van der Waals surface area contributed by atoms with E-state index in [4.69, 9.17) is 19.4 Å². The van der Waals surface area contributed by atoms with Gasteiger partial charge in [0, 0.05) is 27.5 Å². The number of nitrogens with zero attached hydrogens (tertiary/aromatic N) is 3. The molecule has 0 bridgehead atoms. The largest absolute Gasteiger partial charge is 0.456 e. The van der Waals surface area contributed by atoms with Gasteiger partial charge in [-0.2, -0.15) is 0 Å². The monoisotopic (exact) mass is 475 g/mol. The highest BCUT2D eigenvalue weighted by Gasteiger charge is 2.18. The molecule has 0 atom stereocenters. The molecule has 0 aliphatic rings. The van der Waals surface area contributed by atoms with Crippen molar-refractivity contribution in [1.82, 2.24) is 15.0 Å². The molecule has 0 fully saturated rings.